The Balaban J connectivity index is 1.20. The lowest BCUT2D eigenvalue weighted by Gasteiger charge is -2.34. The van der Waals surface area contributed by atoms with Crippen LogP contribution in [0.1, 0.15) is 43.4 Å². The van der Waals surface area contributed by atoms with Gasteiger partial charge >= 0.3 is 0 Å². The summed E-state index contributed by atoms with van der Waals surface area (Å²) in [5.74, 6) is 2.66. The maximum absolute atomic E-state index is 4.97. The van der Waals surface area contributed by atoms with E-state index in [9.17, 15) is 0 Å². The molecular formula is C43H34N4. The number of fused-ring (bicyclic) bond motifs is 6. The van der Waals surface area contributed by atoms with Crippen molar-refractivity contribution in [3.8, 4) is 34.2 Å². The number of allylic oxidation sites excluding steroid dienone is 4. The molecule has 4 nitrogen and oxygen atoms in total. The van der Waals surface area contributed by atoms with Crippen molar-refractivity contribution < 1.29 is 0 Å². The smallest absolute Gasteiger partial charge is 0.164 e. The van der Waals surface area contributed by atoms with Crippen molar-refractivity contribution in [3.05, 3.63) is 167 Å². The average Bonchev–Trinajstić information content (AvgIpc) is 3.58. The zero-order chi connectivity index (χ0) is 31.7. The van der Waals surface area contributed by atoms with Gasteiger partial charge < -0.3 is 4.90 Å². The molecule has 0 fully saturated rings. The number of para-hydroxylation sites is 1. The van der Waals surface area contributed by atoms with Gasteiger partial charge in [-0.15, -0.1) is 0 Å². The number of anilines is 2. The lowest BCUT2D eigenvalue weighted by Crippen LogP contribution is -2.24. The fourth-order valence-electron chi connectivity index (χ4n) is 7.92. The minimum Gasteiger partial charge on any atom is -0.313 e. The summed E-state index contributed by atoms with van der Waals surface area (Å²) in [7, 11) is 0. The molecule has 2 aliphatic carbocycles. The van der Waals surface area contributed by atoms with Gasteiger partial charge in [-0.05, 0) is 58.5 Å². The second-order valence-corrected chi connectivity index (χ2v) is 13.3. The predicted octanol–water partition coefficient (Wildman–Crippen LogP) is 10.4. The average molecular weight is 607 g/mol. The van der Waals surface area contributed by atoms with E-state index in [1.807, 2.05) is 60.7 Å². The van der Waals surface area contributed by atoms with Crippen LogP contribution in [-0.2, 0) is 5.41 Å². The van der Waals surface area contributed by atoms with E-state index < -0.39 is 0 Å². The maximum atomic E-state index is 4.97. The molecule has 0 saturated carbocycles. The molecule has 0 amide bonds. The van der Waals surface area contributed by atoms with Gasteiger partial charge in [-0.3, -0.25) is 0 Å². The summed E-state index contributed by atoms with van der Waals surface area (Å²) in [4.78, 5) is 17.3. The first kappa shape index (κ1) is 27.7. The third-order valence-electron chi connectivity index (χ3n) is 10.2. The highest BCUT2D eigenvalue weighted by Gasteiger charge is 2.48. The van der Waals surface area contributed by atoms with Crippen molar-refractivity contribution >= 4 is 16.9 Å². The van der Waals surface area contributed by atoms with Crippen molar-refractivity contribution in [2.45, 2.75) is 32.1 Å². The van der Waals surface area contributed by atoms with Crippen LogP contribution < -0.4 is 4.90 Å². The number of aromatic nitrogens is 3. The van der Waals surface area contributed by atoms with E-state index in [1.165, 1.54) is 39.2 Å². The molecule has 6 aromatic rings. The Hall–Kier alpha value is -5.61. The zero-order valence-electron chi connectivity index (χ0n) is 26.7. The highest BCUT2D eigenvalue weighted by Crippen LogP contribution is 2.62. The minimum absolute atomic E-state index is 0.0476. The molecular weight excluding hydrogens is 573 g/mol. The predicted molar refractivity (Wildman–Crippen MR) is 191 cm³/mol. The van der Waals surface area contributed by atoms with Crippen LogP contribution >= 0.6 is 0 Å². The Labute approximate surface area is 275 Å². The summed E-state index contributed by atoms with van der Waals surface area (Å²) in [5.41, 5.74) is 13.6. The van der Waals surface area contributed by atoms with Crippen molar-refractivity contribution in [2.75, 3.05) is 4.90 Å². The largest absolute Gasteiger partial charge is 0.313 e. The molecule has 0 saturated heterocycles. The molecule has 4 heteroatoms. The molecule has 0 N–H and O–H groups in total. The van der Waals surface area contributed by atoms with Crippen LogP contribution in [0.3, 0.4) is 0 Å². The monoisotopic (exact) mass is 606 g/mol. The lowest BCUT2D eigenvalue weighted by atomic mass is 9.73. The molecule has 2 unspecified atom stereocenters. The highest BCUT2D eigenvalue weighted by molar-refractivity contribution is 5.98. The SMILES string of the molecule is CC1C=C2C(=C3C1c1ccccc1N3c1ccc(-c3nc(-c4ccccc4)nc(-c4ccccc4)n3)cc1)c1ccccc1C2(C)C. The molecule has 0 spiro atoms. The zero-order valence-corrected chi connectivity index (χ0v) is 26.7. The van der Waals surface area contributed by atoms with Crippen molar-refractivity contribution in [1.82, 2.24) is 15.0 Å². The van der Waals surface area contributed by atoms with Crippen molar-refractivity contribution in [2.24, 2.45) is 5.92 Å². The molecule has 9 rings (SSSR count). The van der Waals surface area contributed by atoms with E-state index in [0.29, 0.717) is 23.4 Å². The normalized spacial score (nSPS) is 18.7. The Morgan fingerprint density at radius 2 is 1.11 bits per heavy atom. The van der Waals surface area contributed by atoms with E-state index >= 15 is 0 Å². The van der Waals surface area contributed by atoms with Crippen molar-refractivity contribution in [1.29, 1.82) is 0 Å². The summed E-state index contributed by atoms with van der Waals surface area (Å²) >= 11 is 0. The molecule has 1 aromatic heterocycles. The lowest BCUT2D eigenvalue weighted by molar-refractivity contribution is 0.586. The topological polar surface area (TPSA) is 41.9 Å². The number of nitrogens with zero attached hydrogens (tertiary/aromatic N) is 4. The van der Waals surface area contributed by atoms with Crippen LogP contribution in [-0.4, -0.2) is 15.0 Å². The second-order valence-electron chi connectivity index (χ2n) is 13.3. The van der Waals surface area contributed by atoms with E-state index in [2.05, 4.69) is 105 Å². The molecule has 226 valence electrons. The van der Waals surface area contributed by atoms with Gasteiger partial charge in [0.25, 0.3) is 0 Å². The standard InChI is InChI=1S/C43H34N4/c1-27-26-35-38(32-18-10-12-20-34(32)43(35,2)3)39-37(27)33-19-11-13-21-36(33)47(39)31-24-22-30(23-25-31)42-45-40(28-14-6-4-7-15-28)44-41(46-42)29-16-8-5-9-17-29/h4-27,37H,1-3H3. The Morgan fingerprint density at radius 3 is 1.74 bits per heavy atom. The third-order valence-corrected chi connectivity index (χ3v) is 10.2. The van der Waals surface area contributed by atoms with Crippen LogP contribution in [0.5, 0.6) is 0 Å². The first-order chi connectivity index (χ1) is 23.0. The summed E-state index contributed by atoms with van der Waals surface area (Å²) in [6.07, 6.45) is 2.54. The van der Waals surface area contributed by atoms with Crippen LogP contribution in [0.2, 0.25) is 0 Å². The van der Waals surface area contributed by atoms with Gasteiger partial charge in [0.05, 0.1) is 0 Å². The molecule has 1 aliphatic heterocycles. The molecule has 47 heavy (non-hydrogen) atoms. The van der Waals surface area contributed by atoms with Gasteiger partial charge in [0, 0.05) is 50.7 Å². The molecule has 2 atom stereocenters. The van der Waals surface area contributed by atoms with Gasteiger partial charge in [-0.2, -0.15) is 0 Å². The van der Waals surface area contributed by atoms with Crippen LogP contribution in [0.15, 0.2) is 151 Å². The number of benzene rings is 5. The Bertz CT molecular complexity index is 2170. The maximum Gasteiger partial charge on any atom is 0.164 e. The Kier molecular flexibility index (Phi) is 6.16. The van der Waals surface area contributed by atoms with Crippen LogP contribution in [0.4, 0.5) is 11.4 Å². The molecule has 0 radical (unpaired) electrons. The van der Waals surface area contributed by atoms with Gasteiger partial charge in [0.1, 0.15) is 0 Å². The molecule has 5 aromatic carbocycles. The van der Waals surface area contributed by atoms with Gasteiger partial charge in [0.15, 0.2) is 17.5 Å². The summed E-state index contributed by atoms with van der Waals surface area (Å²) < 4.78 is 0. The minimum atomic E-state index is -0.0476. The van der Waals surface area contributed by atoms with Gasteiger partial charge in [-0.1, -0.05) is 130 Å². The fraction of sp³-hybridized carbons (Fsp3) is 0.140. The van der Waals surface area contributed by atoms with Gasteiger partial charge in [0.2, 0.25) is 0 Å². The van der Waals surface area contributed by atoms with E-state index in [0.717, 1.165) is 22.4 Å². The number of hydrogen-bond donors (Lipinski definition) is 0. The van der Waals surface area contributed by atoms with Crippen LogP contribution in [0, 0.1) is 5.92 Å². The Morgan fingerprint density at radius 1 is 0.574 bits per heavy atom. The first-order valence-electron chi connectivity index (χ1n) is 16.4. The quantitative estimate of drug-likeness (QED) is 0.200. The second kappa shape index (κ2) is 10.5. The third kappa shape index (κ3) is 4.25. The van der Waals surface area contributed by atoms with E-state index in [1.54, 1.807) is 0 Å². The number of hydrogen-bond acceptors (Lipinski definition) is 4. The van der Waals surface area contributed by atoms with E-state index in [4.69, 9.17) is 15.0 Å². The molecule has 2 heterocycles. The number of rotatable bonds is 4. The summed E-state index contributed by atoms with van der Waals surface area (Å²) in [5, 5.41) is 0. The van der Waals surface area contributed by atoms with Crippen molar-refractivity contribution in [3.63, 3.8) is 0 Å². The molecule has 0 bridgehead atoms. The fourth-order valence-corrected chi connectivity index (χ4v) is 7.92. The van der Waals surface area contributed by atoms with Gasteiger partial charge in [-0.25, -0.2) is 15.0 Å². The van der Waals surface area contributed by atoms with E-state index in [-0.39, 0.29) is 11.3 Å². The summed E-state index contributed by atoms with van der Waals surface area (Å²) in [6, 6.07) is 47.0. The first-order valence-corrected chi connectivity index (χ1v) is 16.4. The van der Waals surface area contributed by atoms with Crippen LogP contribution in [0.25, 0.3) is 39.7 Å². The highest BCUT2D eigenvalue weighted by atomic mass is 15.2. The molecule has 3 aliphatic rings. The summed E-state index contributed by atoms with van der Waals surface area (Å²) in [6.45, 7) is 7.13.